The lowest BCUT2D eigenvalue weighted by Gasteiger charge is -2.39. The molecule has 3 N–H and O–H groups in total. The number of hydrogen-bond donors (Lipinski definition) is 2. The molecule has 2 rings (SSSR count). The molecule has 0 bridgehead atoms. The van der Waals surface area contributed by atoms with Crippen molar-refractivity contribution in [1.29, 1.82) is 0 Å². The maximum atomic E-state index is 11.9. The molecule has 1 aliphatic rings. The second-order valence-electron chi connectivity index (χ2n) is 6.81. The Balaban J connectivity index is 2.48. The quantitative estimate of drug-likeness (QED) is 0.894. The van der Waals surface area contributed by atoms with E-state index in [1.807, 2.05) is 13.8 Å². The Hall–Kier alpha value is -1.55. The summed E-state index contributed by atoms with van der Waals surface area (Å²) in [4.78, 5) is 11.9. The molecule has 0 spiro atoms. The van der Waals surface area contributed by atoms with Crippen molar-refractivity contribution in [2.24, 2.45) is 5.73 Å². The minimum atomic E-state index is -0.294. The largest absolute Gasteiger partial charge is 0.487 e. The number of aryl methyl sites for hydroxylation is 1. The van der Waals surface area contributed by atoms with Crippen LogP contribution in [0.3, 0.4) is 0 Å². The molecule has 1 aliphatic heterocycles. The van der Waals surface area contributed by atoms with Crippen molar-refractivity contribution in [3.63, 3.8) is 0 Å². The summed E-state index contributed by atoms with van der Waals surface area (Å²) in [5.41, 5.74) is 9.15. The molecule has 0 fully saturated rings. The van der Waals surface area contributed by atoms with Gasteiger partial charge in [0, 0.05) is 24.4 Å². The van der Waals surface area contributed by atoms with Gasteiger partial charge in [-0.25, -0.2) is 0 Å². The first-order chi connectivity index (χ1) is 10.3. The molecule has 2 atom stereocenters. The first-order valence-corrected chi connectivity index (χ1v) is 8.15. The van der Waals surface area contributed by atoms with E-state index in [-0.39, 0.29) is 23.6 Å². The van der Waals surface area contributed by atoms with E-state index in [9.17, 15) is 4.79 Å². The van der Waals surface area contributed by atoms with Crippen molar-refractivity contribution in [1.82, 2.24) is 5.32 Å². The summed E-state index contributed by atoms with van der Waals surface area (Å²) in [6.07, 6.45) is 2.13. The van der Waals surface area contributed by atoms with Crippen molar-refractivity contribution in [3.05, 3.63) is 28.8 Å². The summed E-state index contributed by atoms with van der Waals surface area (Å²) in [5, 5.41) is 3.13. The van der Waals surface area contributed by atoms with Gasteiger partial charge in [0.1, 0.15) is 11.4 Å². The van der Waals surface area contributed by atoms with Gasteiger partial charge in [0.05, 0.1) is 6.04 Å². The number of hydrogen-bond acceptors (Lipinski definition) is 3. The van der Waals surface area contributed by atoms with Crippen LogP contribution in [0.4, 0.5) is 0 Å². The van der Waals surface area contributed by atoms with Crippen LogP contribution in [0.5, 0.6) is 5.75 Å². The average Bonchev–Trinajstić information content (AvgIpc) is 2.46. The van der Waals surface area contributed by atoms with E-state index in [4.69, 9.17) is 10.5 Å². The molecule has 1 amide bonds. The van der Waals surface area contributed by atoms with E-state index in [0.717, 1.165) is 35.3 Å². The van der Waals surface area contributed by atoms with E-state index >= 15 is 0 Å². The Morgan fingerprint density at radius 2 is 2.14 bits per heavy atom. The standard InChI is InChI=1S/C18H28N2O2/c1-6-14(19)12-8-11(3)17-13(9-12)15(20-16(21)7-2)10-18(4,5)22-17/h8-9,14-15H,6-7,10,19H2,1-5H3,(H,20,21). The molecule has 2 unspecified atom stereocenters. The lowest BCUT2D eigenvalue weighted by molar-refractivity contribution is -0.122. The molecular formula is C18H28N2O2. The van der Waals surface area contributed by atoms with Gasteiger partial charge >= 0.3 is 0 Å². The zero-order valence-electron chi connectivity index (χ0n) is 14.3. The van der Waals surface area contributed by atoms with Gasteiger partial charge in [-0.15, -0.1) is 0 Å². The van der Waals surface area contributed by atoms with Crippen LogP contribution in [0.25, 0.3) is 0 Å². The van der Waals surface area contributed by atoms with E-state index in [1.54, 1.807) is 0 Å². The number of nitrogens with one attached hydrogen (secondary N) is 1. The van der Waals surface area contributed by atoms with Gasteiger partial charge in [0.15, 0.2) is 0 Å². The van der Waals surface area contributed by atoms with E-state index in [0.29, 0.717) is 6.42 Å². The van der Waals surface area contributed by atoms with Crippen LogP contribution in [0, 0.1) is 6.92 Å². The molecule has 0 saturated carbocycles. The van der Waals surface area contributed by atoms with Crippen molar-refractivity contribution < 1.29 is 9.53 Å². The molecule has 0 saturated heterocycles. The molecule has 22 heavy (non-hydrogen) atoms. The fourth-order valence-electron chi connectivity index (χ4n) is 3.02. The Bertz CT molecular complexity index is 566. The zero-order valence-corrected chi connectivity index (χ0v) is 14.3. The Kier molecular flexibility index (Phi) is 4.81. The smallest absolute Gasteiger partial charge is 0.220 e. The summed E-state index contributed by atoms with van der Waals surface area (Å²) < 4.78 is 6.17. The van der Waals surface area contributed by atoms with E-state index < -0.39 is 0 Å². The summed E-state index contributed by atoms with van der Waals surface area (Å²) in [5.74, 6) is 0.959. The van der Waals surface area contributed by atoms with Crippen molar-refractivity contribution in [2.45, 2.75) is 71.6 Å². The minimum Gasteiger partial charge on any atom is -0.487 e. The molecule has 1 aromatic carbocycles. The number of carbonyl (C=O) groups excluding carboxylic acids is 1. The number of nitrogens with two attached hydrogens (primary N) is 1. The van der Waals surface area contributed by atoms with Gasteiger partial charge in [0.25, 0.3) is 0 Å². The van der Waals surface area contributed by atoms with E-state index in [1.165, 1.54) is 0 Å². The second-order valence-corrected chi connectivity index (χ2v) is 6.81. The molecule has 0 radical (unpaired) electrons. The third kappa shape index (κ3) is 3.43. The van der Waals surface area contributed by atoms with Crippen LogP contribution in [0.1, 0.15) is 75.7 Å². The Morgan fingerprint density at radius 3 is 2.73 bits per heavy atom. The summed E-state index contributed by atoms with van der Waals surface area (Å²) in [6.45, 7) is 10.1. The maximum Gasteiger partial charge on any atom is 0.220 e. The Labute approximate surface area is 133 Å². The van der Waals surface area contributed by atoms with Crippen molar-refractivity contribution in [3.8, 4) is 5.75 Å². The number of carbonyl (C=O) groups is 1. The third-order valence-electron chi connectivity index (χ3n) is 4.30. The van der Waals surface area contributed by atoms with Crippen LogP contribution in [-0.4, -0.2) is 11.5 Å². The first kappa shape index (κ1) is 16.8. The van der Waals surface area contributed by atoms with Crippen LogP contribution < -0.4 is 15.8 Å². The van der Waals surface area contributed by atoms with Crippen molar-refractivity contribution >= 4 is 5.91 Å². The van der Waals surface area contributed by atoms with Gasteiger partial charge in [-0.05, 0) is 44.4 Å². The van der Waals surface area contributed by atoms with Crippen LogP contribution in [0.2, 0.25) is 0 Å². The predicted molar refractivity (Wildman–Crippen MR) is 88.9 cm³/mol. The molecular weight excluding hydrogens is 276 g/mol. The second kappa shape index (κ2) is 6.29. The highest BCUT2D eigenvalue weighted by Gasteiger charge is 2.35. The lowest BCUT2D eigenvalue weighted by atomic mass is 9.86. The number of ether oxygens (including phenoxy) is 1. The molecule has 4 heteroatoms. The summed E-state index contributed by atoms with van der Waals surface area (Å²) in [7, 11) is 0. The minimum absolute atomic E-state index is 0.0152. The SMILES string of the molecule is CCC(=O)NC1CC(C)(C)Oc2c(C)cc(C(N)CC)cc21. The topological polar surface area (TPSA) is 64.3 Å². The summed E-state index contributed by atoms with van der Waals surface area (Å²) >= 11 is 0. The predicted octanol–water partition coefficient (Wildman–Crippen LogP) is 3.53. The van der Waals surface area contributed by atoms with E-state index in [2.05, 4.69) is 38.2 Å². The molecule has 1 aromatic rings. The fourth-order valence-corrected chi connectivity index (χ4v) is 3.02. The molecule has 1 heterocycles. The molecule has 0 aliphatic carbocycles. The number of amides is 1. The Morgan fingerprint density at radius 1 is 1.45 bits per heavy atom. The number of benzene rings is 1. The number of rotatable bonds is 4. The first-order valence-electron chi connectivity index (χ1n) is 8.15. The van der Waals surface area contributed by atoms with Crippen LogP contribution in [-0.2, 0) is 4.79 Å². The maximum absolute atomic E-state index is 11.9. The van der Waals surface area contributed by atoms with Gasteiger partial charge in [0.2, 0.25) is 5.91 Å². The van der Waals surface area contributed by atoms with Gasteiger partial charge in [-0.2, -0.15) is 0 Å². The highest BCUT2D eigenvalue weighted by Crippen LogP contribution is 2.42. The zero-order chi connectivity index (χ0) is 16.5. The van der Waals surface area contributed by atoms with Gasteiger partial charge in [-0.3, -0.25) is 4.79 Å². The van der Waals surface area contributed by atoms with Gasteiger partial charge < -0.3 is 15.8 Å². The molecule has 4 nitrogen and oxygen atoms in total. The summed E-state index contributed by atoms with van der Waals surface area (Å²) in [6, 6.07) is 4.20. The fraction of sp³-hybridized carbons (Fsp3) is 0.611. The molecule has 122 valence electrons. The highest BCUT2D eigenvalue weighted by molar-refractivity contribution is 5.76. The highest BCUT2D eigenvalue weighted by atomic mass is 16.5. The average molecular weight is 304 g/mol. The third-order valence-corrected chi connectivity index (χ3v) is 4.30. The van der Waals surface area contributed by atoms with Crippen molar-refractivity contribution in [2.75, 3.05) is 0 Å². The van der Waals surface area contributed by atoms with Crippen LogP contribution in [0.15, 0.2) is 12.1 Å². The monoisotopic (exact) mass is 304 g/mol. The normalized spacial score (nSPS) is 20.7. The van der Waals surface area contributed by atoms with Gasteiger partial charge in [-0.1, -0.05) is 19.9 Å². The molecule has 0 aromatic heterocycles. The van der Waals surface area contributed by atoms with Crippen LogP contribution >= 0.6 is 0 Å². The lowest BCUT2D eigenvalue weighted by Crippen LogP contribution is -2.41. The number of fused-ring (bicyclic) bond motifs is 1.